The van der Waals surface area contributed by atoms with Crippen molar-refractivity contribution < 1.29 is 23.1 Å². The van der Waals surface area contributed by atoms with Crippen molar-refractivity contribution in [3.8, 4) is 11.6 Å². The number of carbonyl (C=O) groups is 1. The van der Waals surface area contributed by atoms with Gasteiger partial charge in [0, 0.05) is 10.6 Å². The molecule has 0 fully saturated rings. The fourth-order valence-corrected chi connectivity index (χ4v) is 3.17. The lowest BCUT2D eigenvalue weighted by Crippen LogP contribution is -2.29. The zero-order chi connectivity index (χ0) is 19.6. The van der Waals surface area contributed by atoms with Gasteiger partial charge in [-0.25, -0.2) is 0 Å². The van der Waals surface area contributed by atoms with Gasteiger partial charge in [0.25, 0.3) is 0 Å². The van der Waals surface area contributed by atoms with Crippen LogP contribution >= 0.6 is 11.8 Å². The molecule has 0 radical (unpaired) electrons. The average molecular weight is 393 g/mol. The van der Waals surface area contributed by atoms with E-state index in [1.165, 1.54) is 28.6 Å². The van der Waals surface area contributed by atoms with Crippen LogP contribution in [0.25, 0.3) is 5.69 Å². The van der Waals surface area contributed by atoms with Crippen LogP contribution in [0.5, 0.6) is 5.88 Å². The molecule has 1 aromatic heterocycles. The standard InChI is InChI=1S/C18H14F3N3O2S/c1-11-15(16(25)24(23-11)13-5-3-2-4-6-13)27-14-9-7-12(8-10-14)22-17(26)18(19,20)21/h2-10,25H,1H3,(H,22,26). The van der Waals surface area contributed by atoms with Gasteiger partial charge < -0.3 is 10.4 Å². The molecule has 0 unspecified atom stereocenters. The third kappa shape index (κ3) is 4.25. The van der Waals surface area contributed by atoms with E-state index in [4.69, 9.17) is 0 Å². The molecule has 0 aliphatic heterocycles. The third-order valence-electron chi connectivity index (χ3n) is 3.57. The zero-order valence-electron chi connectivity index (χ0n) is 14.0. The van der Waals surface area contributed by atoms with E-state index in [-0.39, 0.29) is 11.6 Å². The fraction of sp³-hybridized carbons (Fsp3) is 0.111. The number of anilines is 1. The Morgan fingerprint density at radius 1 is 1.11 bits per heavy atom. The lowest BCUT2D eigenvalue weighted by Gasteiger charge is -2.08. The van der Waals surface area contributed by atoms with Crippen LogP contribution in [0, 0.1) is 6.92 Å². The van der Waals surface area contributed by atoms with Crippen LogP contribution in [0.3, 0.4) is 0 Å². The maximum absolute atomic E-state index is 12.3. The number of benzene rings is 2. The summed E-state index contributed by atoms with van der Waals surface area (Å²) in [6.07, 6.45) is -4.94. The average Bonchev–Trinajstić information content (AvgIpc) is 2.91. The van der Waals surface area contributed by atoms with Gasteiger partial charge in [-0.15, -0.1) is 0 Å². The molecule has 0 saturated heterocycles. The summed E-state index contributed by atoms with van der Waals surface area (Å²) >= 11 is 1.22. The van der Waals surface area contributed by atoms with Gasteiger partial charge in [0.1, 0.15) is 0 Å². The number of amides is 1. The lowest BCUT2D eigenvalue weighted by molar-refractivity contribution is -0.167. The number of alkyl halides is 3. The van der Waals surface area contributed by atoms with E-state index in [1.54, 1.807) is 36.5 Å². The Morgan fingerprint density at radius 3 is 2.33 bits per heavy atom. The molecule has 1 heterocycles. The van der Waals surface area contributed by atoms with Crippen LogP contribution in [0.1, 0.15) is 5.69 Å². The van der Waals surface area contributed by atoms with Crippen LogP contribution in [-0.2, 0) is 4.79 Å². The molecule has 0 aliphatic rings. The maximum Gasteiger partial charge on any atom is 0.471 e. The Hall–Kier alpha value is -2.94. The number of halogens is 3. The lowest BCUT2D eigenvalue weighted by atomic mass is 10.3. The van der Waals surface area contributed by atoms with Gasteiger partial charge in [0.05, 0.1) is 16.3 Å². The number of aromatic nitrogens is 2. The number of para-hydroxylation sites is 1. The minimum absolute atomic E-state index is 0.0295. The topological polar surface area (TPSA) is 67.2 Å². The van der Waals surface area contributed by atoms with Gasteiger partial charge in [-0.1, -0.05) is 30.0 Å². The monoisotopic (exact) mass is 393 g/mol. The van der Waals surface area contributed by atoms with E-state index in [0.29, 0.717) is 21.2 Å². The molecule has 0 bridgehead atoms. The molecule has 27 heavy (non-hydrogen) atoms. The Bertz CT molecular complexity index is 954. The molecule has 0 aliphatic carbocycles. The minimum atomic E-state index is -4.94. The van der Waals surface area contributed by atoms with Crippen molar-refractivity contribution >= 4 is 23.4 Å². The summed E-state index contributed by atoms with van der Waals surface area (Å²) in [4.78, 5) is 12.2. The number of hydrogen-bond acceptors (Lipinski definition) is 4. The Morgan fingerprint density at radius 2 is 1.74 bits per heavy atom. The highest BCUT2D eigenvalue weighted by Crippen LogP contribution is 2.38. The molecule has 140 valence electrons. The van der Waals surface area contributed by atoms with Crippen LogP contribution < -0.4 is 5.32 Å². The van der Waals surface area contributed by atoms with Crippen molar-refractivity contribution in [2.75, 3.05) is 5.32 Å². The van der Waals surface area contributed by atoms with Gasteiger partial charge in [0.15, 0.2) is 0 Å². The van der Waals surface area contributed by atoms with E-state index in [2.05, 4.69) is 5.10 Å². The molecular formula is C18H14F3N3O2S. The van der Waals surface area contributed by atoms with Crippen molar-refractivity contribution in [3.63, 3.8) is 0 Å². The summed E-state index contributed by atoms with van der Waals surface area (Å²) in [5, 5.41) is 16.6. The number of hydrogen-bond donors (Lipinski definition) is 2. The van der Waals surface area contributed by atoms with E-state index < -0.39 is 12.1 Å². The number of aromatic hydroxyl groups is 1. The van der Waals surface area contributed by atoms with Gasteiger partial charge in [-0.3, -0.25) is 4.79 Å². The molecule has 5 nitrogen and oxygen atoms in total. The second-order valence-corrected chi connectivity index (χ2v) is 6.65. The summed E-state index contributed by atoms with van der Waals surface area (Å²) < 4.78 is 38.3. The highest BCUT2D eigenvalue weighted by atomic mass is 32.2. The van der Waals surface area contributed by atoms with Gasteiger partial charge in [-0.05, 0) is 43.3 Å². The SMILES string of the molecule is Cc1nn(-c2ccccc2)c(O)c1Sc1ccc(NC(=O)C(F)(F)F)cc1. The highest BCUT2D eigenvalue weighted by Gasteiger charge is 2.38. The van der Waals surface area contributed by atoms with Crippen molar-refractivity contribution in [3.05, 3.63) is 60.3 Å². The van der Waals surface area contributed by atoms with Crippen LogP contribution in [0.15, 0.2) is 64.4 Å². The molecule has 2 N–H and O–H groups in total. The van der Waals surface area contributed by atoms with E-state index in [0.717, 1.165) is 0 Å². The molecule has 0 atom stereocenters. The van der Waals surface area contributed by atoms with Crippen molar-refractivity contribution in [1.82, 2.24) is 9.78 Å². The van der Waals surface area contributed by atoms with E-state index in [9.17, 15) is 23.1 Å². The maximum atomic E-state index is 12.3. The van der Waals surface area contributed by atoms with Crippen molar-refractivity contribution in [2.24, 2.45) is 0 Å². The molecule has 1 amide bonds. The van der Waals surface area contributed by atoms with Crippen LogP contribution in [0.4, 0.5) is 18.9 Å². The van der Waals surface area contributed by atoms with Crippen LogP contribution in [0.2, 0.25) is 0 Å². The number of nitrogens with zero attached hydrogens (tertiary/aromatic N) is 2. The molecule has 0 spiro atoms. The van der Waals surface area contributed by atoms with Crippen molar-refractivity contribution in [2.45, 2.75) is 22.9 Å². The summed E-state index contributed by atoms with van der Waals surface area (Å²) in [6.45, 7) is 1.75. The first kappa shape index (κ1) is 18.8. The number of aryl methyl sites for hydroxylation is 1. The largest absolute Gasteiger partial charge is 0.492 e. The predicted molar refractivity (Wildman–Crippen MR) is 95.2 cm³/mol. The number of carbonyl (C=O) groups excluding carboxylic acids is 1. The quantitative estimate of drug-likeness (QED) is 0.683. The van der Waals surface area contributed by atoms with Crippen LogP contribution in [-0.4, -0.2) is 27.0 Å². The summed E-state index contributed by atoms with van der Waals surface area (Å²) in [7, 11) is 0. The first-order valence-corrected chi connectivity index (χ1v) is 8.57. The van der Waals surface area contributed by atoms with Crippen molar-refractivity contribution in [1.29, 1.82) is 0 Å². The Balaban J connectivity index is 1.78. The molecule has 9 heteroatoms. The fourth-order valence-electron chi connectivity index (χ4n) is 2.30. The molecule has 3 rings (SSSR count). The minimum Gasteiger partial charge on any atom is -0.492 e. The molecule has 0 saturated carbocycles. The smallest absolute Gasteiger partial charge is 0.471 e. The highest BCUT2D eigenvalue weighted by molar-refractivity contribution is 7.99. The predicted octanol–water partition coefficient (Wildman–Crippen LogP) is 4.54. The van der Waals surface area contributed by atoms with Gasteiger partial charge in [0.2, 0.25) is 5.88 Å². The zero-order valence-corrected chi connectivity index (χ0v) is 14.8. The van der Waals surface area contributed by atoms with E-state index >= 15 is 0 Å². The van der Waals surface area contributed by atoms with Gasteiger partial charge in [-0.2, -0.15) is 23.0 Å². The number of rotatable bonds is 4. The van der Waals surface area contributed by atoms with Gasteiger partial charge >= 0.3 is 12.1 Å². The third-order valence-corrected chi connectivity index (χ3v) is 4.76. The Labute approximate surface area is 156 Å². The summed E-state index contributed by atoms with van der Waals surface area (Å²) in [6, 6.07) is 14.9. The summed E-state index contributed by atoms with van der Waals surface area (Å²) in [5.41, 5.74) is 1.34. The first-order chi connectivity index (χ1) is 12.8. The van der Waals surface area contributed by atoms with E-state index in [1.807, 2.05) is 18.2 Å². The molecule has 2 aromatic carbocycles. The first-order valence-electron chi connectivity index (χ1n) is 7.76. The molecular weight excluding hydrogens is 379 g/mol. The summed E-state index contributed by atoms with van der Waals surface area (Å²) in [5.74, 6) is -2.06. The number of nitrogens with one attached hydrogen (secondary N) is 1. The second-order valence-electron chi connectivity index (χ2n) is 5.56. The molecule has 3 aromatic rings. The Kier molecular flexibility index (Phi) is 5.13. The normalized spacial score (nSPS) is 11.4. The second kappa shape index (κ2) is 7.36.